The van der Waals surface area contributed by atoms with Gasteiger partial charge in [-0.05, 0) is 13.0 Å². The predicted molar refractivity (Wildman–Crippen MR) is 227 cm³/mol. The Morgan fingerprint density at radius 2 is 0.845 bits per heavy atom. The van der Waals surface area contributed by atoms with Crippen LogP contribution in [0.4, 0.5) is 0 Å². The van der Waals surface area contributed by atoms with Crippen molar-refractivity contribution in [1.29, 1.82) is 0 Å². The molecule has 4 rings (SSSR count). The Kier molecular flexibility index (Phi) is 21.1. The molecular formula is C45H62O26. The van der Waals surface area contributed by atoms with Crippen molar-refractivity contribution >= 4 is 59.7 Å². The van der Waals surface area contributed by atoms with Crippen LogP contribution in [0.25, 0.3) is 0 Å². The quantitative estimate of drug-likeness (QED) is 0.133. The van der Waals surface area contributed by atoms with E-state index in [-0.39, 0.29) is 6.42 Å². The van der Waals surface area contributed by atoms with E-state index in [9.17, 15) is 47.9 Å². The molecule has 0 spiro atoms. The molecule has 0 aromatic heterocycles. The fraction of sp³-hybridized carbons (Fsp3) is 0.733. The SMILES string of the molecule is CC(=O)OCC1OC=C[C@@H](O[C@@H]2OC(C)[C@@H](OC(C)=O)C(OC(C)=O)[C@H]2OC(C)=O)[C@@H]1O[C@@H]1OC(COC(C)=O)[C@H](OC(C)=O)[C@H](OC(C)=O)[C@H]1O[C@@H]1CC(OC(C)=O)[C@H](OC(C)=O)[C@H](OC(C)=O)C1C. The summed E-state index contributed by atoms with van der Waals surface area (Å²) in [5.41, 5.74) is 0. The molecule has 398 valence electrons. The van der Waals surface area contributed by atoms with E-state index in [1.807, 2.05) is 0 Å². The zero-order chi connectivity index (χ0) is 53.0. The lowest BCUT2D eigenvalue weighted by Gasteiger charge is -2.50. The molecule has 2 saturated heterocycles. The molecule has 71 heavy (non-hydrogen) atoms. The van der Waals surface area contributed by atoms with Gasteiger partial charge in [0.25, 0.3) is 0 Å². The van der Waals surface area contributed by atoms with Crippen molar-refractivity contribution in [3.8, 4) is 0 Å². The van der Waals surface area contributed by atoms with E-state index < -0.39 is 183 Å². The van der Waals surface area contributed by atoms with Gasteiger partial charge in [-0.3, -0.25) is 47.9 Å². The smallest absolute Gasteiger partial charge is 0.303 e. The third-order valence-electron chi connectivity index (χ3n) is 11.0. The first-order valence-electron chi connectivity index (χ1n) is 22.5. The summed E-state index contributed by atoms with van der Waals surface area (Å²) in [7, 11) is 0. The molecule has 0 radical (unpaired) electrons. The summed E-state index contributed by atoms with van der Waals surface area (Å²) < 4.78 is 93.8. The van der Waals surface area contributed by atoms with Gasteiger partial charge in [0.05, 0.1) is 18.5 Å². The van der Waals surface area contributed by atoms with Gasteiger partial charge in [0.2, 0.25) is 0 Å². The van der Waals surface area contributed by atoms with Gasteiger partial charge in [0.1, 0.15) is 49.8 Å². The number of esters is 10. The number of carbonyl (C=O) groups is 10. The molecule has 0 amide bonds. The number of hydrogen-bond acceptors (Lipinski definition) is 26. The first-order valence-corrected chi connectivity index (χ1v) is 22.5. The Balaban J connectivity index is 1.91. The summed E-state index contributed by atoms with van der Waals surface area (Å²) in [5, 5.41) is 0. The van der Waals surface area contributed by atoms with Crippen LogP contribution in [0.15, 0.2) is 12.3 Å². The first-order chi connectivity index (χ1) is 33.2. The lowest BCUT2D eigenvalue weighted by molar-refractivity contribution is -0.355. The van der Waals surface area contributed by atoms with Gasteiger partial charge in [-0.2, -0.15) is 0 Å². The zero-order valence-electron chi connectivity index (χ0n) is 41.3. The van der Waals surface area contributed by atoms with Crippen molar-refractivity contribution in [2.24, 2.45) is 5.92 Å². The molecule has 18 atom stereocenters. The van der Waals surface area contributed by atoms with Crippen LogP contribution < -0.4 is 0 Å². The van der Waals surface area contributed by atoms with Crippen molar-refractivity contribution in [2.45, 2.75) is 194 Å². The fourth-order valence-electron chi connectivity index (χ4n) is 8.47. The van der Waals surface area contributed by atoms with E-state index in [4.69, 9.17) is 75.8 Å². The molecule has 4 aliphatic rings. The number of carbonyl (C=O) groups excluding carboxylic acids is 10. The van der Waals surface area contributed by atoms with E-state index in [1.54, 1.807) is 6.92 Å². The lowest BCUT2D eigenvalue weighted by atomic mass is 9.80. The van der Waals surface area contributed by atoms with Gasteiger partial charge < -0.3 is 75.8 Å². The molecule has 3 heterocycles. The summed E-state index contributed by atoms with van der Waals surface area (Å²) in [4.78, 5) is 125. The average molecular weight is 1020 g/mol. The third-order valence-corrected chi connectivity index (χ3v) is 11.0. The second-order valence-electron chi connectivity index (χ2n) is 17.0. The first kappa shape index (κ1) is 57.6. The van der Waals surface area contributed by atoms with Crippen LogP contribution in [-0.4, -0.2) is 177 Å². The van der Waals surface area contributed by atoms with Crippen molar-refractivity contribution in [2.75, 3.05) is 13.2 Å². The Labute approximate surface area is 408 Å². The molecule has 0 aromatic rings. The van der Waals surface area contributed by atoms with E-state index >= 15 is 0 Å². The average Bonchev–Trinajstić information content (AvgIpc) is 3.23. The largest absolute Gasteiger partial charge is 0.492 e. The highest BCUT2D eigenvalue weighted by Crippen LogP contribution is 2.40. The van der Waals surface area contributed by atoms with Crippen LogP contribution >= 0.6 is 0 Å². The summed E-state index contributed by atoms with van der Waals surface area (Å²) in [6.45, 7) is 12.7. The number of rotatable bonds is 18. The molecule has 3 aliphatic heterocycles. The van der Waals surface area contributed by atoms with Crippen LogP contribution in [-0.2, 0) is 124 Å². The molecule has 0 N–H and O–H groups in total. The van der Waals surface area contributed by atoms with Gasteiger partial charge in [0, 0.05) is 81.6 Å². The van der Waals surface area contributed by atoms with Crippen LogP contribution in [0.1, 0.15) is 89.5 Å². The molecule has 6 unspecified atom stereocenters. The number of hydrogen-bond donors (Lipinski definition) is 0. The van der Waals surface area contributed by atoms with Gasteiger partial charge in [-0.15, -0.1) is 0 Å². The maximum absolute atomic E-state index is 13.0. The zero-order valence-corrected chi connectivity index (χ0v) is 41.3. The fourth-order valence-corrected chi connectivity index (χ4v) is 8.47. The standard InChI is InChI=1S/C45H62O26/c1-18-31(15-32(60-22(5)48)38(63-25(8)51)35(18)61-23(6)49)68-43-41(66-28(11)54)39(64-26(9)52)34(17-58-21(4)47)70-45(43)71-37-30(13-14-56-33(37)16-57-20(3)46)69-44-42(67-29(12)55)40(65-27(10)53)36(19(2)59-44)62-24(7)50/h13-14,18-19,30-45H,15-17H2,1-12H3/t18?,19?,30-,31-,32?,33?,34?,35-,36-,37+,38+,39+,40?,41+,42-,43-,44+,45+/m1/s1. The third kappa shape index (κ3) is 16.5. The molecule has 26 heteroatoms. The Morgan fingerprint density at radius 3 is 1.37 bits per heavy atom. The van der Waals surface area contributed by atoms with Crippen LogP contribution in [0, 0.1) is 5.92 Å². The van der Waals surface area contributed by atoms with Crippen LogP contribution in [0.3, 0.4) is 0 Å². The van der Waals surface area contributed by atoms with E-state index in [0.717, 1.165) is 69.2 Å². The summed E-state index contributed by atoms with van der Waals surface area (Å²) in [5.74, 6) is -9.29. The highest BCUT2D eigenvalue weighted by molar-refractivity contribution is 5.70. The van der Waals surface area contributed by atoms with E-state index in [1.165, 1.54) is 19.3 Å². The van der Waals surface area contributed by atoms with Crippen molar-refractivity contribution in [3.05, 3.63) is 12.3 Å². The topological polar surface area (TPSA) is 318 Å². The molecule has 0 bridgehead atoms. The number of ether oxygens (including phenoxy) is 16. The van der Waals surface area contributed by atoms with Gasteiger partial charge >= 0.3 is 59.7 Å². The minimum Gasteiger partial charge on any atom is -0.492 e. The Hall–Kier alpha value is -5.96. The Bertz CT molecular complexity index is 1990. The molecule has 0 aromatic carbocycles. The lowest BCUT2D eigenvalue weighted by Crippen LogP contribution is -2.66. The van der Waals surface area contributed by atoms with Gasteiger partial charge in [0.15, 0.2) is 55.3 Å². The molecule has 26 nitrogen and oxygen atoms in total. The second-order valence-corrected chi connectivity index (χ2v) is 17.0. The molecular weight excluding hydrogens is 956 g/mol. The second kappa shape index (κ2) is 25.9. The summed E-state index contributed by atoms with van der Waals surface area (Å²) in [6.07, 6.45) is -22.9. The minimum atomic E-state index is -1.85. The van der Waals surface area contributed by atoms with Crippen LogP contribution in [0.2, 0.25) is 0 Å². The van der Waals surface area contributed by atoms with Crippen molar-refractivity contribution < 1.29 is 124 Å². The van der Waals surface area contributed by atoms with Crippen molar-refractivity contribution in [1.82, 2.24) is 0 Å². The highest BCUT2D eigenvalue weighted by Gasteiger charge is 2.58. The highest BCUT2D eigenvalue weighted by atomic mass is 16.8. The Morgan fingerprint density at radius 1 is 0.408 bits per heavy atom. The van der Waals surface area contributed by atoms with Crippen LogP contribution in [0.5, 0.6) is 0 Å². The van der Waals surface area contributed by atoms with Gasteiger partial charge in [-0.1, -0.05) is 6.92 Å². The van der Waals surface area contributed by atoms with Gasteiger partial charge in [-0.25, -0.2) is 0 Å². The normalized spacial score (nSPS) is 34.4. The predicted octanol–water partition coefficient (Wildman–Crippen LogP) is 0.512. The van der Waals surface area contributed by atoms with Crippen molar-refractivity contribution in [3.63, 3.8) is 0 Å². The maximum Gasteiger partial charge on any atom is 0.303 e. The van der Waals surface area contributed by atoms with E-state index in [0.29, 0.717) is 0 Å². The molecule has 1 saturated carbocycles. The minimum absolute atomic E-state index is 0.274. The monoisotopic (exact) mass is 1020 g/mol. The molecule has 1 aliphatic carbocycles. The maximum atomic E-state index is 13.0. The molecule has 3 fully saturated rings. The summed E-state index contributed by atoms with van der Waals surface area (Å²) >= 11 is 0. The van der Waals surface area contributed by atoms with E-state index in [2.05, 4.69) is 0 Å². The summed E-state index contributed by atoms with van der Waals surface area (Å²) in [6, 6.07) is 0.